The molecule has 0 aliphatic heterocycles. The molecule has 0 bridgehead atoms. The number of nitrogens with one attached hydrogen (secondary N) is 1. The summed E-state index contributed by atoms with van der Waals surface area (Å²) in [7, 11) is 1.46. The molecule has 0 spiro atoms. The molecule has 2 aromatic carbocycles. The van der Waals surface area contributed by atoms with Gasteiger partial charge < -0.3 is 15.6 Å². The summed E-state index contributed by atoms with van der Waals surface area (Å²) in [4.78, 5) is 16.3. The maximum Gasteiger partial charge on any atom is 0.271 e. The summed E-state index contributed by atoms with van der Waals surface area (Å²) in [5.74, 6) is 0.0280. The van der Waals surface area contributed by atoms with Gasteiger partial charge in [0.05, 0.1) is 23.5 Å². The number of carbonyl (C=O) groups is 1. The second-order valence-electron chi connectivity index (χ2n) is 4.87. The van der Waals surface area contributed by atoms with Gasteiger partial charge in [-0.15, -0.1) is 0 Å². The van der Waals surface area contributed by atoms with Crippen molar-refractivity contribution in [3.63, 3.8) is 0 Å². The van der Waals surface area contributed by atoms with Gasteiger partial charge in [0.2, 0.25) is 0 Å². The number of rotatable bonds is 4. The first-order chi connectivity index (χ1) is 11.6. The summed E-state index contributed by atoms with van der Waals surface area (Å²) in [6, 6.07) is 9.88. The van der Waals surface area contributed by atoms with Crippen molar-refractivity contribution in [2.24, 2.45) is 5.10 Å². The number of methoxy groups -OCH3 is 1. The Balaban J connectivity index is 1.71. The molecule has 122 valence electrons. The first-order valence-electron chi connectivity index (χ1n) is 6.93. The number of nitrogens with zero attached hydrogens (tertiary/aromatic N) is 2. The molecular formula is C16H14N4O3S. The molecule has 0 saturated carbocycles. The average Bonchev–Trinajstić information content (AvgIpc) is 2.95. The molecule has 0 atom stereocenters. The third-order valence-electron chi connectivity index (χ3n) is 3.25. The van der Waals surface area contributed by atoms with Gasteiger partial charge in [0.25, 0.3) is 5.91 Å². The van der Waals surface area contributed by atoms with Gasteiger partial charge in [0.15, 0.2) is 16.6 Å². The quantitative estimate of drug-likeness (QED) is 0.498. The van der Waals surface area contributed by atoms with E-state index >= 15 is 0 Å². The fourth-order valence-electron chi connectivity index (χ4n) is 2.09. The number of carbonyl (C=O) groups excluding carboxylic acids is 1. The standard InChI is InChI=1S/C16H14N4O3S/c1-23-13-6-9(2-5-12(13)21)8-18-20-15(22)10-3-4-11-14(7-10)24-16(17)19-11/h2-8,21H,1H3,(H2,17,19)(H,20,22)/b18-8-. The Morgan fingerprint density at radius 3 is 3.00 bits per heavy atom. The van der Waals surface area contributed by atoms with Gasteiger partial charge in [0.1, 0.15) is 0 Å². The molecule has 0 saturated heterocycles. The van der Waals surface area contributed by atoms with Crippen molar-refractivity contribution < 1.29 is 14.6 Å². The maximum absolute atomic E-state index is 12.1. The van der Waals surface area contributed by atoms with Crippen LogP contribution < -0.4 is 15.9 Å². The number of hydrogen-bond donors (Lipinski definition) is 3. The van der Waals surface area contributed by atoms with Crippen LogP contribution in [-0.2, 0) is 0 Å². The minimum Gasteiger partial charge on any atom is -0.504 e. The molecule has 1 aromatic heterocycles. The highest BCUT2D eigenvalue weighted by molar-refractivity contribution is 7.22. The number of amides is 1. The molecular weight excluding hydrogens is 328 g/mol. The topological polar surface area (TPSA) is 110 Å². The summed E-state index contributed by atoms with van der Waals surface area (Å²) >= 11 is 1.32. The second-order valence-corrected chi connectivity index (χ2v) is 5.93. The molecule has 0 aliphatic rings. The summed E-state index contributed by atoms with van der Waals surface area (Å²) in [6.45, 7) is 0. The van der Waals surface area contributed by atoms with Crippen molar-refractivity contribution in [1.82, 2.24) is 10.4 Å². The van der Waals surface area contributed by atoms with Gasteiger partial charge in [-0.25, -0.2) is 10.4 Å². The summed E-state index contributed by atoms with van der Waals surface area (Å²) in [5, 5.41) is 13.9. The number of aromatic nitrogens is 1. The molecule has 7 nitrogen and oxygen atoms in total. The maximum atomic E-state index is 12.1. The Hall–Kier alpha value is -3.13. The van der Waals surface area contributed by atoms with Gasteiger partial charge in [-0.1, -0.05) is 11.3 Å². The zero-order valence-electron chi connectivity index (χ0n) is 12.7. The molecule has 3 aromatic rings. The van der Waals surface area contributed by atoms with Gasteiger partial charge in [0, 0.05) is 5.56 Å². The first kappa shape index (κ1) is 15.8. The number of thiazole rings is 1. The van der Waals surface area contributed by atoms with E-state index in [0.717, 1.165) is 10.2 Å². The Bertz CT molecular complexity index is 936. The lowest BCUT2D eigenvalue weighted by atomic mass is 10.2. The molecule has 1 amide bonds. The zero-order valence-corrected chi connectivity index (χ0v) is 13.5. The van der Waals surface area contributed by atoms with E-state index in [1.807, 2.05) is 0 Å². The van der Waals surface area contributed by atoms with Crippen molar-refractivity contribution in [3.05, 3.63) is 47.5 Å². The van der Waals surface area contributed by atoms with Crippen LogP contribution in [0.15, 0.2) is 41.5 Å². The Kier molecular flexibility index (Phi) is 4.30. The number of hydrazone groups is 1. The van der Waals surface area contributed by atoms with E-state index in [2.05, 4.69) is 15.5 Å². The number of hydrogen-bond acceptors (Lipinski definition) is 7. The van der Waals surface area contributed by atoms with Crippen LogP contribution in [0.5, 0.6) is 11.5 Å². The lowest BCUT2D eigenvalue weighted by Gasteiger charge is -2.03. The third-order valence-corrected chi connectivity index (χ3v) is 4.10. The van der Waals surface area contributed by atoms with Crippen LogP contribution in [0.2, 0.25) is 0 Å². The second kappa shape index (κ2) is 6.55. The van der Waals surface area contributed by atoms with Crippen LogP contribution in [0.25, 0.3) is 10.2 Å². The Morgan fingerprint density at radius 2 is 2.21 bits per heavy atom. The van der Waals surface area contributed by atoms with Crippen LogP contribution in [-0.4, -0.2) is 29.3 Å². The largest absolute Gasteiger partial charge is 0.504 e. The number of phenols is 1. The molecule has 1 heterocycles. The van der Waals surface area contributed by atoms with Crippen molar-refractivity contribution in [2.75, 3.05) is 12.8 Å². The number of ether oxygens (including phenoxy) is 1. The summed E-state index contributed by atoms with van der Waals surface area (Å²) in [5.41, 5.74) is 10.0. The normalized spacial score (nSPS) is 11.0. The lowest BCUT2D eigenvalue weighted by Crippen LogP contribution is -2.17. The molecule has 0 aliphatic carbocycles. The van der Waals surface area contributed by atoms with Crippen molar-refractivity contribution in [3.8, 4) is 11.5 Å². The van der Waals surface area contributed by atoms with E-state index in [-0.39, 0.29) is 11.7 Å². The first-order valence-corrected chi connectivity index (χ1v) is 7.75. The van der Waals surface area contributed by atoms with Crippen LogP contribution in [0.1, 0.15) is 15.9 Å². The van der Waals surface area contributed by atoms with Crippen molar-refractivity contribution in [1.29, 1.82) is 0 Å². The highest BCUT2D eigenvalue weighted by atomic mass is 32.1. The number of nitrogens with two attached hydrogens (primary N) is 1. The lowest BCUT2D eigenvalue weighted by molar-refractivity contribution is 0.0955. The van der Waals surface area contributed by atoms with E-state index in [0.29, 0.717) is 22.0 Å². The molecule has 24 heavy (non-hydrogen) atoms. The highest BCUT2D eigenvalue weighted by Crippen LogP contribution is 2.26. The van der Waals surface area contributed by atoms with E-state index in [1.165, 1.54) is 30.7 Å². The Labute approximate surface area is 141 Å². The van der Waals surface area contributed by atoms with Gasteiger partial charge in [-0.3, -0.25) is 4.79 Å². The van der Waals surface area contributed by atoms with Crippen molar-refractivity contribution in [2.45, 2.75) is 0 Å². The Morgan fingerprint density at radius 1 is 1.38 bits per heavy atom. The van der Waals surface area contributed by atoms with E-state index in [1.54, 1.807) is 30.3 Å². The smallest absolute Gasteiger partial charge is 0.271 e. The predicted octanol–water partition coefficient (Wildman–Crippen LogP) is 2.36. The van der Waals surface area contributed by atoms with Gasteiger partial charge in [-0.05, 0) is 42.0 Å². The van der Waals surface area contributed by atoms with E-state index in [9.17, 15) is 9.90 Å². The molecule has 0 unspecified atom stereocenters. The van der Waals surface area contributed by atoms with Crippen molar-refractivity contribution >= 4 is 38.8 Å². The molecule has 4 N–H and O–H groups in total. The predicted molar refractivity (Wildman–Crippen MR) is 93.8 cm³/mol. The summed E-state index contributed by atoms with van der Waals surface area (Å²) in [6.07, 6.45) is 1.46. The highest BCUT2D eigenvalue weighted by Gasteiger charge is 2.08. The summed E-state index contributed by atoms with van der Waals surface area (Å²) < 4.78 is 5.85. The zero-order chi connectivity index (χ0) is 17.1. The van der Waals surface area contributed by atoms with Crippen LogP contribution in [0, 0.1) is 0 Å². The minimum absolute atomic E-state index is 0.0378. The number of phenolic OH excluding ortho intramolecular Hbond substituents is 1. The molecule has 3 rings (SSSR count). The van der Waals surface area contributed by atoms with E-state index < -0.39 is 0 Å². The van der Waals surface area contributed by atoms with Crippen LogP contribution in [0.3, 0.4) is 0 Å². The van der Waals surface area contributed by atoms with Gasteiger partial charge >= 0.3 is 0 Å². The number of nitrogen functional groups attached to an aromatic ring is 1. The SMILES string of the molecule is COc1cc(/C=N\NC(=O)c2ccc3nc(N)sc3c2)ccc1O. The van der Waals surface area contributed by atoms with Crippen LogP contribution in [0.4, 0.5) is 5.13 Å². The van der Waals surface area contributed by atoms with Gasteiger partial charge in [-0.2, -0.15) is 5.10 Å². The molecule has 0 fully saturated rings. The fourth-order valence-corrected chi connectivity index (χ4v) is 2.86. The third kappa shape index (κ3) is 3.28. The number of benzene rings is 2. The average molecular weight is 342 g/mol. The minimum atomic E-state index is -0.342. The fraction of sp³-hybridized carbons (Fsp3) is 0.0625. The number of anilines is 1. The number of aromatic hydroxyl groups is 1. The van der Waals surface area contributed by atoms with Crippen LogP contribution >= 0.6 is 11.3 Å². The monoisotopic (exact) mass is 342 g/mol. The van der Waals surface area contributed by atoms with E-state index in [4.69, 9.17) is 10.5 Å². The molecule has 0 radical (unpaired) electrons. The molecule has 8 heteroatoms. The number of fused-ring (bicyclic) bond motifs is 1.